The number of hydrogen-bond acceptors (Lipinski definition) is 3. The third kappa shape index (κ3) is 5.35. The molecule has 0 spiro atoms. The van der Waals surface area contributed by atoms with E-state index in [0.29, 0.717) is 6.04 Å². The summed E-state index contributed by atoms with van der Waals surface area (Å²) in [6, 6.07) is 17.0. The number of rotatable bonds is 8. The van der Waals surface area contributed by atoms with Gasteiger partial charge in [-0.25, -0.2) is 0 Å². The SMILES string of the molecule is Cc1cccc(C2(C(=O)Nc3ccc(OCCCN4CCCC[C@H]4C)cc3)CCCC2)c1. The van der Waals surface area contributed by atoms with Gasteiger partial charge >= 0.3 is 0 Å². The number of nitrogens with one attached hydrogen (secondary N) is 1. The van der Waals surface area contributed by atoms with Gasteiger partial charge in [0.2, 0.25) is 5.91 Å². The van der Waals surface area contributed by atoms with E-state index in [9.17, 15) is 4.79 Å². The van der Waals surface area contributed by atoms with Gasteiger partial charge in [-0.2, -0.15) is 0 Å². The predicted molar refractivity (Wildman–Crippen MR) is 131 cm³/mol. The third-order valence-electron chi connectivity index (χ3n) is 7.37. The number of carbonyl (C=O) groups excluding carboxylic acids is 1. The summed E-state index contributed by atoms with van der Waals surface area (Å²) in [5.74, 6) is 0.980. The molecule has 2 aromatic carbocycles. The van der Waals surface area contributed by atoms with E-state index in [2.05, 4.69) is 48.3 Å². The van der Waals surface area contributed by atoms with Crippen LogP contribution in [0.3, 0.4) is 0 Å². The van der Waals surface area contributed by atoms with Crippen molar-refractivity contribution in [1.29, 1.82) is 0 Å². The Morgan fingerprint density at radius 2 is 1.88 bits per heavy atom. The number of likely N-dealkylation sites (tertiary alicyclic amines) is 1. The molecule has 1 N–H and O–H groups in total. The van der Waals surface area contributed by atoms with E-state index >= 15 is 0 Å². The van der Waals surface area contributed by atoms with E-state index < -0.39 is 5.41 Å². The molecule has 1 saturated heterocycles. The molecule has 0 aromatic heterocycles. The van der Waals surface area contributed by atoms with Gasteiger partial charge in [-0.3, -0.25) is 4.79 Å². The van der Waals surface area contributed by atoms with E-state index in [1.807, 2.05) is 24.3 Å². The van der Waals surface area contributed by atoms with E-state index in [0.717, 1.165) is 62.3 Å². The second-order valence-corrected chi connectivity index (χ2v) is 9.72. The molecule has 0 radical (unpaired) electrons. The third-order valence-corrected chi connectivity index (χ3v) is 7.37. The maximum absolute atomic E-state index is 13.4. The summed E-state index contributed by atoms with van der Waals surface area (Å²) in [5.41, 5.74) is 2.78. The van der Waals surface area contributed by atoms with E-state index in [-0.39, 0.29) is 5.91 Å². The summed E-state index contributed by atoms with van der Waals surface area (Å²) in [5, 5.41) is 3.18. The molecule has 1 heterocycles. The molecule has 4 rings (SSSR count). The lowest BCUT2D eigenvalue weighted by atomic mass is 9.77. The molecule has 172 valence electrons. The molecule has 32 heavy (non-hydrogen) atoms. The molecule has 4 heteroatoms. The minimum Gasteiger partial charge on any atom is -0.494 e. The number of aryl methyl sites for hydroxylation is 1. The highest BCUT2D eigenvalue weighted by atomic mass is 16.5. The number of nitrogens with zero attached hydrogens (tertiary/aromatic N) is 1. The van der Waals surface area contributed by atoms with Gasteiger partial charge in [-0.15, -0.1) is 0 Å². The lowest BCUT2D eigenvalue weighted by molar-refractivity contribution is -0.121. The molecule has 1 aliphatic heterocycles. The zero-order valence-electron chi connectivity index (χ0n) is 19.7. The van der Waals surface area contributed by atoms with Crippen LogP contribution in [-0.4, -0.2) is 36.5 Å². The maximum Gasteiger partial charge on any atom is 0.235 e. The Kier molecular flexibility index (Phi) is 7.51. The van der Waals surface area contributed by atoms with Crippen LogP contribution >= 0.6 is 0 Å². The van der Waals surface area contributed by atoms with Crippen LogP contribution in [0.2, 0.25) is 0 Å². The molecule has 1 aliphatic carbocycles. The lowest BCUT2D eigenvalue weighted by Gasteiger charge is -2.33. The first-order valence-corrected chi connectivity index (χ1v) is 12.4. The van der Waals surface area contributed by atoms with Gasteiger partial charge in [-0.1, -0.05) is 49.1 Å². The van der Waals surface area contributed by atoms with Crippen LogP contribution in [0.1, 0.15) is 69.4 Å². The Labute approximate surface area is 193 Å². The van der Waals surface area contributed by atoms with Crippen molar-refractivity contribution in [3.05, 3.63) is 59.7 Å². The van der Waals surface area contributed by atoms with E-state index in [1.165, 1.54) is 31.4 Å². The smallest absolute Gasteiger partial charge is 0.235 e. The molecule has 0 bridgehead atoms. The first kappa shape index (κ1) is 22.8. The number of carbonyl (C=O) groups is 1. The number of amides is 1. The van der Waals surface area contributed by atoms with Crippen LogP contribution in [0.15, 0.2) is 48.5 Å². The second-order valence-electron chi connectivity index (χ2n) is 9.72. The molecule has 1 atom stereocenters. The van der Waals surface area contributed by atoms with Gasteiger partial charge in [0.1, 0.15) is 5.75 Å². The van der Waals surface area contributed by atoms with Crippen LogP contribution < -0.4 is 10.1 Å². The first-order valence-electron chi connectivity index (χ1n) is 12.4. The standard InChI is InChI=1S/C28H38N2O2/c1-22-9-7-11-24(21-22)28(16-4-5-17-28)27(31)29-25-12-14-26(15-13-25)32-20-8-19-30-18-6-3-10-23(30)2/h7,9,11-15,21,23H,3-6,8,10,16-20H2,1-2H3,(H,29,31)/t23-/m1/s1. The Hall–Kier alpha value is -2.33. The number of anilines is 1. The minimum atomic E-state index is -0.410. The highest BCUT2D eigenvalue weighted by molar-refractivity contribution is 5.99. The molecule has 1 amide bonds. The van der Waals surface area contributed by atoms with Crippen molar-refractivity contribution >= 4 is 11.6 Å². The highest BCUT2D eigenvalue weighted by Crippen LogP contribution is 2.42. The van der Waals surface area contributed by atoms with E-state index in [1.54, 1.807) is 0 Å². The average molecular weight is 435 g/mol. The second kappa shape index (κ2) is 10.5. The minimum absolute atomic E-state index is 0.116. The fraction of sp³-hybridized carbons (Fsp3) is 0.536. The lowest BCUT2D eigenvalue weighted by Crippen LogP contribution is -2.38. The molecule has 1 saturated carbocycles. The Balaban J connectivity index is 1.30. The normalized spacial score (nSPS) is 20.8. The Morgan fingerprint density at radius 3 is 2.59 bits per heavy atom. The van der Waals surface area contributed by atoms with Gasteiger partial charge in [0.15, 0.2) is 0 Å². The van der Waals surface area contributed by atoms with Crippen molar-refractivity contribution in [2.45, 2.75) is 76.7 Å². The van der Waals surface area contributed by atoms with Crippen LogP contribution in [0.5, 0.6) is 5.75 Å². The number of benzene rings is 2. The zero-order chi connectivity index (χ0) is 22.4. The van der Waals surface area contributed by atoms with Crippen LogP contribution in [0.4, 0.5) is 5.69 Å². The van der Waals surface area contributed by atoms with Gasteiger partial charge in [0.25, 0.3) is 0 Å². The van der Waals surface area contributed by atoms with Gasteiger partial charge in [0.05, 0.1) is 12.0 Å². The molecule has 2 aromatic rings. The molecule has 2 aliphatic rings. The quantitative estimate of drug-likeness (QED) is 0.511. The van der Waals surface area contributed by atoms with Gasteiger partial charge < -0.3 is 15.0 Å². The summed E-state index contributed by atoms with van der Waals surface area (Å²) in [6.45, 7) is 7.49. The summed E-state index contributed by atoms with van der Waals surface area (Å²) in [7, 11) is 0. The molecular formula is C28H38N2O2. The van der Waals surface area contributed by atoms with E-state index in [4.69, 9.17) is 4.74 Å². The first-order chi connectivity index (χ1) is 15.6. The van der Waals surface area contributed by atoms with Crippen molar-refractivity contribution in [2.24, 2.45) is 0 Å². The van der Waals surface area contributed by atoms with Crippen LogP contribution in [0, 0.1) is 6.92 Å². The van der Waals surface area contributed by atoms with Crippen molar-refractivity contribution in [1.82, 2.24) is 4.90 Å². The van der Waals surface area contributed by atoms with Crippen molar-refractivity contribution < 1.29 is 9.53 Å². The van der Waals surface area contributed by atoms with Gasteiger partial charge in [0, 0.05) is 18.3 Å². The average Bonchev–Trinajstić information content (AvgIpc) is 3.30. The largest absolute Gasteiger partial charge is 0.494 e. The number of hydrogen-bond donors (Lipinski definition) is 1. The number of ether oxygens (including phenoxy) is 1. The Bertz CT molecular complexity index is 887. The van der Waals surface area contributed by atoms with Crippen molar-refractivity contribution in [3.63, 3.8) is 0 Å². The highest BCUT2D eigenvalue weighted by Gasteiger charge is 2.42. The molecule has 0 unspecified atom stereocenters. The Morgan fingerprint density at radius 1 is 1.09 bits per heavy atom. The van der Waals surface area contributed by atoms with Crippen molar-refractivity contribution in [3.8, 4) is 5.75 Å². The summed E-state index contributed by atoms with van der Waals surface area (Å²) in [6.07, 6.45) is 9.08. The molecule has 2 fully saturated rings. The summed E-state index contributed by atoms with van der Waals surface area (Å²) < 4.78 is 5.96. The predicted octanol–water partition coefficient (Wildman–Crippen LogP) is 6.09. The zero-order valence-corrected chi connectivity index (χ0v) is 19.7. The fourth-order valence-electron chi connectivity index (χ4n) is 5.40. The molecule has 4 nitrogen and oxygen atoms in total. The van der Waals surface area contributed by atoms with Gasteiger partial charge in [-0.05, 0) is 82.3 Å². The monoisotopic (exact) mass is 434 g/mol. The van der Waals surface area contributed by atoms with Crippen molar-refractivity contribution in [2.75, 3.05) is 25.0 Å². The van der Waals surface area contributed by atoms with Crippen LogP contribution in [0.25, 0.3) is 0 Å². The summed E-state index contributed by atoms with van der Waals surface area (Å²) >= 11 is 0. The molecular weight excluding hydrogens is 396 g/mol. The van der Waals surface area contributed by atoms with Crippen LogP contribution in [-0.2, 0) is 10.2 Å². The fourth-order valence-corrected chi connectivity index (χ4v) is 5.40. The maximum atomic E-state index is 13.4. The topological polar surface area (TPSA) is 41.6 Å². The summed E-state index contributed by atoms with van der Waals surface area (Å²) in [4.78, 5) is 16.0. The number of piperidine rings is 1.